The first-order chi connectivity index (χ1) is 14.9. The lowest BCUT2D eigenvalue weighted by Gasteiger charge is -2.16. The normalized spacial score (nSPS) is 14.7. The molecule has 7 nitrogen and oxygen atoms in total. The number of aromatic nitrogens is 7. The van der Waals surface area contributed by atoms with Crippen molar-refractivity contribution in [2.45, 2.75) is 24.8 Å². The molecule has 1 saturated carbocycles. The summed E-state index contributed by atoms with van der Waals surface area (Å²) in [6.45, 7) is 0. The lowest BCUT2D eigenvalue weighted by atomic mass is 10.0. The predicted molar refractivity (Wildman–Crippen MR) is 106 cm³/mol. The number of nitrogens with zero attached hydrogens (tertiary/aromatic N) is 7. The summed E-state index contributed by atoms with van der Waals surface area (Å²) in [5, 5.41) is 11.9. The number of fused-ring (bicyclic) bond motifs is 2. The Hall–Kier alpha value is -3.69. The van der Waals surface area contributed by atoms with E-state index in [1.54, 1.807) is 19.4 Å². The van der Waals surface area contributed by atoms with Gasteiger partial charge in [0, 0.05) is 66.7 Å². The summed E-state index contributed by atoms with van der Waals surface area (Å²) in [4.78, 5) is 4.17. The summed E-state index contributed by atoms with van der Waals surface area (Å²) in [7, 11) is 1.64. The van der Waals surface area contributed by atoms with Crippen molar-refractivity contribution in [1.82, 2.24) is 33.9 Å². The van der Waals surface area contributed by atoms with Crippen molar-refractivity contribution in [1.29, 1.82) is 0 Å². The zero-order valence-electron chi connectivity index (χ0n) is 16.4. The van der Waals surface area contributed by atoms with Crippen molar-refractivity contribution in [3.63, 3.8) is 0 Å². The zero-order chi connectivity index (χ0) is 21.3. The second-order valence-corrected chi connectivity index (χ2v) is 7.88. The first-order valence-electron chi connectivity index (χ1n) is 9.80. The number of rotatable bonds is 4. The van der Waals surface area contributed by atoms with E-state index in [1.807, 2.05) is 18.5 Å². The molecule has 0 N–H and O–H groups in total. The van der Waals surface area contributed by atoms with Crippen molar-refractivity contribution in [2.24, 2.45) is 7.05 Å². The van der Waals surface area contributed by atoms with Gasteiger partial charge in [-0.1, -0.05) is 0 Å². The fourth-order valence-corrected chi connectivity index (χ4v) is 3.87. The van der Waals surface area contributed by atoms with E-state index in [9.17, 15) is 4.39 Å². The molecule has 10 heteroatoms. The molecule has 156 valence electrons. The summed E-state index contributed by atoms with van der Waals surface area (Å²) in [5.74, 6) is -5.46. The minimum absolute atomic E-state index is 0.0166. The molecule has 4 heterocycles. The van der Waals surface area contributed by atoms with E-state index in [-0.39, 0.29) is 5.78 Å². The largest absolute Gasteiger partial charge is 0.351 e. The molecule has 0 radical (unpaired) electrons. The quantitative estimate of drug-likeness (QED) is 0.437. The lowest BCUT2D eigenvalue weighted by Crippen LogP contribution is -2.21. The first kappa shape index (κ1) is 18.1. The van der Waals surface area contributed by atoms with Gasteiger partial charge in [0.15, 0.2) is 0 Å². The fourth-order valence-electron chi connectivity index (χ4n) is 3.87. The van der Waals surface area contributed by atoms with Gasteiger partial charge in [-0.3, -0.25) is 9.08 Å². The van der Waals surface area contributed by atoms with E-state index in [0.29, 0.717) is 22.5 Å². The molecule has 31 heavy (non-hydrogen) atoms. The van der Waals surface area contributed by atoms with Gasteiger partial charge in [0.1, 0.15) is 5.82 Å². The van der Waals surface area contributed by atoms with E-state index in [2.05, 4.69) is 24.8 Å². The number of aryl methyl sites for hydroxylation is 1. The lowest BCUT2D eigenvalue weighted by molar-refractivity contribution is 0.0281. The van der Waals surface area contributed by atoms with Crippen molar-refractivity contribution < 1.29 is 13.2 Å². The molecular weight excluding hydrogens is 407 g/mol. The van der Waals surface area contributed by atoms with Crippen LogP contribution in [0, 0.1) is 5.82 Å². The summed E-state index contributed by atoms with van der Waals surface area (Å²) in [5.41, 5.74) is 1.02. The Balaban J connectivity index is 1.47. The van der Waals surface area contributed by atoms with Crippen LogP contribution in [-0.4, -0.2) is 33.9 Å². The standard InChI is InChI=1S/C21H16F3N7/c1-29-9-13-6-16(17(22)7-18(13)28-29)21(23,24)19-26-27-20-25-8-14(11-31(19)20)12-4-5-30(10-12)15-2-3-15/h4-11,15H,2-3H2,1H3. The van der Waals surface area contributed by atoms with Crippen molar-refractivity contribution in [3.05, 3.63) is 66.4 Å². The summed E-state index contributed by atoms with van der Waals surface area (Å²) in [6, 6.07) is 4.53. The third kappa shape index (κ3) is 2.82. The first-order valence-corrected chi connectivity index (χ1v) is 9.80. The van der Waals surface area contributed by atoms with Gasteiger partial charge in [-0.15, -0.1) is 10.2 Å². The highest BCUT2D eigenvalue weighted by Crippen LogP contribution is 2.39. The van der Waals surface area contributed by atoms with Gasteiger partial charge in [-0.05, 0) is 25.0 Å². The SMILES string of the molecule is Cn1cc2cc(C(F)(F)c3nnc4ncc(-c5ccn(C6CC6)c5)cn34)c(F)cc2n1. The molecule has 1 aliphatic carbocycles. The van der Waals surface area contributed by atoms with Gasteiger partial charge < -0.3 is 4.57 Å². The molecule has 0 aliphatic heterocycles. The second kappa shape index (κ2) is 6.16. The van der Waals surface area contributed by atoms with Crippen LogP contribution in [0.4, 0.5) is 13.2 Å². The van der Waals surface area contributed by atoms with Gasteiger partial charge in [-0.25, -0.2) is 9.37 Å². The van der Waals surface area contributed by atoms with E-state index in [1.165, 1.54) is 10.9 Å². The molecule has 5 aromatic rings. The van der Waals surface area contributed by atoms with E-state index >= 15 is 8.78 Å². The average molecular weight is 423 g/mol. The van der Waals surface area contributed by atoms with Crippen LogP contribution in [0.15, 0.2) is 49.2 Å². The molecule has 1 aromatic carbocycles. The molecule has 0 atom stereocenters. The van der Waals surface area contributed by atoms with Crippen molar-refractivity contribution in [3.8, 4) is 11.1 Å². The van der Waals surface area contributed by atoms with Crippen LogP contribution in [0.1, 0.15) is 30.3 Å². The minimum atomic E-state index is -3.73. The molecule has 0 unspecified atom stereocenters. The smallest absolute Gasteiger partial charge is 0.335 e. The summed E-state index contributed by atoms with van der Waals surface area (Å²) >= 11 is 0. The van der Waals surface area contributed by atoms with Gasteiger partial charge in [0.25, 0.3) is 5.78 Å². The fraction of sp³-hybridized carbons (Fsp3) is 0.238. The number of hydrogen-bond donors (Lipinski definition) is 0. The molecule has 0 bridgehead atoms. The molecule has 4 aromatic heterocycles. The van der Waals surface area contributed by atoms with Gasteiger partial charge >= 0.3 is 5.92 Å². The Kier molecular flexibility index (Phi) is 3.60. The van der Waals surface area contributed by atoms with Gasteiger partial charge in [0.2, 0.25) is 5.82 Å². The van der Waals surface area contributed by atoms with Crippen LogP contribution < -0.4 is 0 Å². The van der Waals surface area contributed by atoms with Gasteiger partial charge in [0.05, 0.1) is 11.1 Å². The van der Waals surface area contributed by atoms with Crippen LogP contribution in [0.25, 0.3) is 27.8 Å². The molecular formula is C21H16F3N7. The monoisotopic (exact) mass is 423 g/mol. The Morgan fingerprint density at radius 2 is 1.90 bits per heavy atom. The highest BCUT2D eigenvalue weighted by atomic mass is 19.3. The van der Waals surface area contributed by atoms with Crippen LogP contribution in [0.2, 0.25) is 0 Å². The predicted octanol–water partition coefficient (Wildman–Crippen LogP) is 4.09. The summed E-state index contributed by atoms with van der Waals surface area (Å²) in [6.07, 6.45) is 10.9. The molecule has 6 rings (SSSR count). The number of hydrogen-bond acceptors (Lipinski definition) is 4. The highest BCUT2D eigenvalue weighted by Gasteiger charge is 2.42. The topological polar surface area (TPSA) is 65.8 Å². The zero-order valence-corrected chi connectivity index (χ0v) is 16.4. The maximum Gasteiger partial charge on any atom is 0.335 e. The number of halogens is 3. The van der Waals surface area contributed by atoms with Crippen molar-refractivity contribution in [2.75, 3.05) is 0 Å². The van der Waals surface area contributed by atoms with Crippen LogP contribution in [0.5, 0.6) is 0 Å². The second-order valence-electron chi connectivity index (χ2n) is 7.88. The van der Waals surface area contributed by atoms with Crippen LogP contribution >= 0.6 is 0 Å². The average Bonchev–Trinajstić information content (AvgIpc) is 3.15. The highest BCUT2D eigenvalue weighted by molar-refractivity contribution is 5.79. The Bertz CT molecular complexity index is 1460. The Morgan fingerprint density at radius 1 is 1.06 bits per heavy atom. The molecule has 0 spiro atoms. The maximum atomic E-state index is 15.5. The third-order valence-electron chi connectivity index (χ3n) is 5.61. The number of benzene rings is 1. The van der Waals surface area contributed by atoms with Crippen LogP contribution in [0.3, 0.4) is 0 Å². The molecule has 0 amide bonds. The number of alkyl halides is 2. The van der Waals surface area contributed by atoms with E-state index in [0.717, 1.165) is 34.9 Å². The third-order valence-corrected chi connectivity index (χ3v) is 5.61. The van der Waals surface area contributed by atoms with E-state index < -0.39 is 23.1 Å². The van der Waals surface area contributed by atoms with E-state index in [4.69, 9.17) is 0 Å². The van der Waals surface area contributed by atoms with Crippen LogP contribution in [-0.2, 0) is 13.0 Å². The minimum Gasteiger partial charge on any atom is -0.351 e. The molecule has 0 saturated heterocycles. The molecule has 1 aliphatic rings. The maximum absolute atomic E-state index is 15.5. The van der Waals surface area contributed by atoms with Crippen molar-refractivity contribution >= 4 is 16.7 Å². The Morgan fingerprint density at radius 3 is 2.71 bits per heavy atom. The Labute approximate surface area is 173 Å². The molecule has 1 fully saturated rings. The summed E-state index contributed by atoms with van der Waals surface area (Å²) < 4.78 is 50.3. The van der Waals surface area contributed by atoms with Gasteiger partial charge in [-0.2, -0.15) is 13.9 Å².